The van der Waals surface area contributed by atoms with E-state index in [1.807, 2.05) is 12.1 Å². The first kappa shape index (κ1) is 12.6. The van der Waals surface area contributed by atoms with Crippen LogP contribution in [0.25, 0.3) is 0 Å². The van der Waals surface area contributed by atoms with E-state index in [9.17, 15) is 4.39 Å². The lowest BCUT2D eigenvalue weighted by Crippen LogP contribution is -2.10. The number of hydrogen-bond donors (Lipinski definition) is 1. The molecule has 0 amide bonds. The first-order valence-electron chi connectivity index (χ1n) is 6.08. The number of rotatable bonds is 2. The van der Waals surface area contributed by atoms with E-state index in [1.165, 1.54) is 17.7 Å². The fourth-order valence-corrected chi connectivity index (χ4v) is 1.75. The Kier molecular flexibility index (Phi) is 3.37. The second-order valence-corrected chi connectivity index (χ2v) is 5.46. The monoisotopic (exact) mass is 243 g/mol. The predicted molar refractivity (Wildman–Crippen MR) is 74.8 cm³/mol. The van der Waals surface area contributed by atoms with Gasteiger partial charge in [0.1, 0.15) is 5.82 Å². The van der Waals surface area contributed by atoms with Gasteiger partial charge in [0, 0.05) is 11.4 Å². The summed E-state index contributed by atoms with van der Waals surface area (Å²) >= 11 is 0. The van der Waals surface area contributed by atoms with Crippen molar-refractivity contribution < 1.29 is 4.39 Å². The molecule has 18 heavy (non-hydrogen) atoms. The molecule has 1 N–H and O–H groups in total. The zero-order valence-corrected chi connectivity index (χ0v) is 11.0. The maximum absolute atomic E-state index is 12.8. The van der Waals surface area contributed by atoms with Crippen LogP contribution in [0.1, 0.15) is 26.3 Å². The molecule has 2 heteroatoms. The highest BCUT2D eigenvalue weighted by Crippen LogP contribution is 2.24. The van der Waals surface area contributed by atoms with Gasteiger partial charge in [-0.05, 0) is 47.4 Å². The van der Waals surface area contributed by atoms with Crippen LogP contribution in [0.5, 0.6) is 0 Å². The smallest absolute Gasteiger partial charge is 0.123 e. The molecule has 94 valence electrons. The van der Waals surface area contributed by atoms with E-state index in [2.05, 4.69) is 38.2 Å². The van der Waals surface area contributed by atoms with Crippen LogP contribution in [0.15, 0.2) is 48.5 Å². The van der Waals surface area contributed by atoms with Crippen molar-refractivity contribution in [2.45, 2.75) is 26.2 Å². The molecule has 0 atom stereocenters. The summed E-state index contributed by atoms with van der Waals surface area (Å²) in [6.07, 6.45) is 0. The first-order chi connectivity index (χ1) is 8.45. The minimum atomic E-state index is -0.219. The summed E-state index contributed by atoms with van der Waals surface area (Å²) in [5.74, 6) is -0.219. The third-order valence-electron chi connectivity index (χ3n) is 2.88. The van der Waals surface area contributed by atoms with Crippen molar-refractivity contribution in [1.29, 1.82) is 0 Å². The van der Waals surface area contributed by atoms with Gasteiger partial charge in [0.15, 0.2) is 0 Å². The average Bonchev–Trinajstić information content (AvgIpc) is 2.32. The highest BCUT2D eigenvalue weighted by Gasteiger charge is 2.12. The number of halogens is 1. The van der Waals surface area contributed by atoms with Crippen molar-refractivity contribution in [1.82, 2.24) is 0 Å². The van der Waals surface area contributed by atoms with Crippen LogP contribution in [0.3, 0.4) is 0 Å². The Morgan fingerprint density at radius 2 is 1.22 bits per heavy atom. The third-order valence-corrected chi connectivity index (χ3v) is 2.88. The van der Waals surface area contributed by atoms with E-state index in [1.54, 1.807) is 12.1 Å². The topological polar surface area (TPSA) is 12.0 Å². The summed E-state index contributed by atoms with van der Waals surface area (Å²) in [6, 6.07) is 14.7. The molecule has 0 aromatic heterocycles. The SMILES string of the molecule is CC(C)(C)c1ccc(Nc2ccc(F)cc2)cc1. The number of hydrogen-bond acceptors (Lipinski definition) is 1. The Morgan fingerprint density at radius 3 is 1.67 bits per heavy atom. The van der Waals surface area contributed by atoms with Gasteiger partial charge in [-0.15, -0.1) is 0 Å². The van der Waals surface area contributed by atoms with Gasteiger partial charge in [-0.3, -0.25) is 0 Å². The molecule has 0 fully saturated rings. The van der Waals surface area contributed by atoms with E-state index < -0.39 is 0 Å². The quantitative estimate of drug-likeness (QED) is 0.793. The Labute approximate surface area is 108 Å². The molecule has 0 aliphatic heterocycles. The Bertz CT molecular complexity index is 506. The van der Waals surface area contributed by atoms with Gasteiger partial charge < -0.3 is 5.32 Å². The Balaban J connectivity index is 2.13. The molecule has 0 heterocycles. The van der Waals surface area contributed by atoms with Crippen LogP contribution < -0.4 is 5.32 Å². The number of benzene rings is 2. The van der Waals surface area contributed by atoms with Gasteiger partial charge in [-0.1, -0.05) is 32.9 Å². The molecule has 0 unspecified atom stereocenters. The molecule has 0 saturated heterocycles. The van der Waals surface area contributed by atoms with Crippen LogP contribution in [-0.2, 0) is 5.41 Å². The molecule has 0 bridgehead atoms. The van der Waals surface area contributed by atoms with Gasteiger partial charge in [0.2, 0.25) is 0 Å². The van der Waals surface area contributed by atoms with Crippen LogP contribution in [0.4, 0.5) is 15.8 Å². The largest absolute Gasteiger partial charge is 0.356 e. The van der Waals surface area contributed by atoms with Crippen molar-refractivity contribution in [3.05, 3.63) is 59.9 Å². The van der Waals surface area contributed by atoms with Crippen molar-refractivity contribution >= 4 is 11.4 Å². The van der Waals surface area contributed by atoms with Gasteiger partial charge in [-0.2, -0.15) is 0 Å². The first-order valence-corrected chi connectivity index (χ1v) is 6.08. The molecule has 0 saturated carbocycles. The van der Waals surface area contributed by atoms with E-state index in [4.69, 9.17) is 0 Å². The summed E-state index contributed by atoms with van der Waals surface area (Å²) in [6.45, 7) is 6.57. The highest BCUT2D eigenvalue weighted by atomic mass is 19.1. The molecule has 0 spiro atoms. The zero-order valence-electron chi connectivity index (χ0n) is 11.0. The molecule has 0 aliphatic rings. The minimum absolute atomic E-state index is 0.161. The fraction of sp³-hybridized carbons (Fsp3) is 0.250. The van der Waals surface area contributed by atoms with Crippen LogP contribution in [-0.4, -0.2) is 0 Å². The molecule has 0 radical (unpaired) electrons. The van der Waals surface area contributed by atoms with Crippen LogP contribution in [0, 0.1) is 5.82 Å². The second-order valence-electron chi connectivity index (χ2n) is 5.46. The van der Waals surface area contributed by atoms with E-state index in [0.29, 0.717) is 0 Å². The molecule has 2 rings (SSSR count). The van der Waals surface area contributed by atoms with Gasteiger partial charge in [0.25, 0.3) is 0 Å². The third kappa shape index (κ3) is 3.10. The summed E-state index contributed by atoms with van der Waals surface area (Å²) in [7, 11) is 0. The fourth-order valence-electron chi connectivity index (χ4n) is 1.75. The van der Waals surface area contributed by atoms with E-state index >= 15 is 0 Å². The standard InChI is InChI=1S/C16H18FN/c1-16(2,3)12-4-8-14(9-5-12)18-15-10-6-13(17)7-11-15/h4-11,18H,1-3H3. The minimum Gasteiger partial charge on any atom is -0.356 e. The van der Waals surface area contributed by atoms with Gasteiger partial charge in [0.05, 0.1) is 0 Å². The Morgan fingerprint density at radius 1 is 0.778 bits per heavy atom. The maximum Gasteiger partial charge on any atom is 0.123 e. The van der Waals surface area contributed by atoms with E-state index in [-0.39, 0.29) is 11.2 Å². The highest BCUT2D eigenvalue weighted by molar-refractivity contribution is 5.59. The molecule has 2 aromatic carbocycles. The van der Waals surface area contributed by atoms with Crippen molar-refractivity contribution in [2.24, 2.45) is 0 Å². The Hall–Kier alpha value is -1.83. The number of anilines is 2. The average molecular weight is 243 g/mol. The second kappa shape index (κ2) is 4.81. The zero-order chi connectivity index (χ0) is 13.2. The van der Waals surface area contributed by atoms with Crippen molar-refractivity contribution in [3.8, 4) is 0 Å². The molecule has 0 aliphatic carbocycles. The maximum atomic E-state index is 12.8. The lowest BCUT2D eigenvalue weighted by Gasteiger charge is -2.19. The van der Waals surface area contributed by atoms with Crippen molar-refractivity contribution in [2.75, 3.05) is 5.32 Å². The summed E-state index contributed by atoms with van der Waals surface area (Å²) in [4.78, 5) is 0. The summed E-state index contributed by atoms with van der Waals surface area (Å²) < 4.78 is 12.8. The van der Waals surface area contributed by atoms with Crippen molar-refractivity contribution in [3.63, 3.8) is 0 Å². The van der Waals surface area contributed by atoms with E-state index in [0.717, 1.165) is 11.4 Å². The van der Waals surface area contributed by atoms with Gasteiger partial charge >= 0.3 is 0 Å². The lowest BCUT2D eigenvalue weighted by molar-refractivity contribution is 0.590. The summed E-state index contributed by atoms with van der Waals surface area (Å²) in [5.41, 5.74) is 3.36. The molecule has 1 nitrogen and oxygen atoms in total. The summed E-state index contributed by atoms with van der Waals surface area (Å²) in [5, 5.41) is 3.24. The lowest BCUT2D eigenvalue weighted by atomic mass is 9.87. The molecular formula is C16H18FN. The van der Waals surface area contributed by atoms with Gasteiger partial charge in [-0.25, -0.2) is 4.39 Å². The molecular weight excluding hydrogens is 225 g/mol. The van der Waals surface area contributed by atoms with Crippen LogP contribution >= 0.6 is 0 Å². The number of nitrogens with one attached hydrogen (secondary N) is 1. The van der Waals surface area contributed by atoms with Crippen LogP contribution in [0.2, 0.25) is 0 Å². The molecule has 2 aromatic rings. The normalized spacial score (nSPS) is 11.3. The predicted octanol–water partition coefficient (Wildman–Crippen LogP) is 4.87.